The zero-order valence-electron chi connectivity index (χ0n) is 28.5. The Morgan fingerprint density at radius 3 is 1.90 bits per heavy atom. The minimum absolute atomic E-state index is 0.384. The van der Waals surface area contributed by atoms with Gasteiger partial charge in [-0.1, -0.05) is 95.9 Å². The van der Waals surface area contributed by atoms with Crippen molar-refractivity contribution in [3.05, 3.63) is 126 Å². The zero-order valence-corrected chi connectivity index (χ0v) is 28.5. The van der Waals surface area contributed by atoms with Crippen molar-refractivity contribution in [3.8, 4) is 11.1 Å². The van der Waals surface area contributed by atoms with Crippen LogP contribution >= 0.6 is 0 Å². The molecule has 0 radical (unpaired) electrons. The van der Waals surface area contributed by atoms with Gasteiger partial charge in [-0.15, -0.1) is 16.4 Å². The van der Waals surface area contributed by atoms with Crippen LogP contribution in [0.4, 0.5) is 0 Å². The minimum Gasteiger partial charge on any atom is -0.456 e. The highest BCUT2D eigenvalue weighted by Gasteiger charge is 2.19. The summed E-state index contributed by atoms with van der Waals surface area (Å²) in [6.45, 7) is 0.431. The number of nitrogens with two attached hydrogens (primary N) is 1. The first-order chi connectivity index (χ1) is 23.8. The van der Waals surface area contributed by atoms with Crippen molar-refractivity contribution in [2.24, 2.45) is 15.7 Å². The Kier molecular flexibility index (Phi) is 7.60. The van der Waals surface area contributed by atoms with Gasteiger partial charge in [-0.25, -0.2) is 0 Å². The molecular weight excluding hydrogens is 595 g/mol. The van der Waals surface area contributed by atoms with E-state index in [1.165, 1.54) is 27.3 Å². The van der Waals surface area contributed by atoms with Crippen molar-refractivity contribution in [3.63, 3.8) is 0 Å². The van der Waals surface area contributed by atoms with E-state index in [0.717, 1.165) is 66.0 Å². The fraction of sp³-hybridized carbons (Fsp3) is 0.0256. The van der Waals surface area contributed by atoms with Crippen molar-refractivity contribution in [1.29, 1.82) is 0 Å². The number of aliphatic imine (C=N–C) groups is 2. The summed E-state index contributed by atoms with van der Waals surface area (Å²) in [7, 11) is 10.9. The van der Waals surface area contributed by atoms with Crippen molar-refractivity contribution in [2.45, 2.75) is 6.54 Å². The molecule has 0 aliphatic rings. The molecule has 6 aromatic carbocycles. The van der Waals surface area contributed by atoms with Gasteiger partial charge in [-0.3, -0.25) is 9.56 Å². The largest absolute Gasteiger partial charge is 0.456 e. The Balaban J connectivity index is 1.30. The predicted octanol–water partition coefficient (Wildman–Crippen LogP) is 0.463. The highest BCUT2D eigenvalue weighted by Crippen LogP contribution is 2.37. The molecule has 2 aromatic heterocycles. The highest BCUT2D eigenvalue weighted by atomic mass is 16.3. The first-order valence-electron chi connectivity index (χ1n) is 16.8. The van der Waals surface area contributed by atoms with Crippen LogP contribution in [-0.2, 0) is 6.54 Å². The SMILES string of the molecule is Bc1c(B)c(B)c(C(=N/Cc2ccc3oc4cccc(-c5ccccc5)c4c3c2)/N=C(\N)n2c3ccccc3c3ccccc32)c(B)c1B. The minimum atomic E-state index is 0.384. The molecule has 5 nitrogen and oxygen atoms in total. The van der Waals surface area contributed by atoms with Gasteiger partial charge in [0.25, 0.3) is 0 Å². The molecule has 0 fully saturated rings. The van der Waals surface area contributed by atoms with Crippen LogP contribution in [0.25, 0.3) is 54.9 Å². The van der Waals surface area contributed by atoms with Crippen molar-refractivity contribution in [2.75, 3.05) is 0 Å². The molecule has 0 atom stereocenters. The highest BCUT2D eigenvalue weighted by molar-refractivity contribution is 6.68. The number of fused-ring (bicyclic) bond motifs is 6. The molecule has 0 unspecified atom stereocenters. The lowest BCUT2D eigenvalue weighted by molar-refractivity contribution is 0.669. The van der Waals surface area contributed by atoms with Crippen LogP contribution in [-0.4, -0.2) is 55.6 Å². The molecule has 10 heteroatoms. The average Bonchev–Trinajstić information content (AvgIpc) is 3.68. The van der Waals surface area contributed by atoms with Crippen LogP contribution in [0.15, 0.2) is 130 Å². The zero-order chi connectivity index (χ0) is 33.8. The number of furan rings is 1. The number of hydrogen-bond acceptors (Lipinski definition) is 2. The second-order valence-electron chi connectivity index (χ2n) is 13.0. The molecule has 2 N–H and O–H groups in total. The average molecular weight is 628 g/mol. The molecule has 0 aliphatic heterocycles. The summed E-state index contributed by atoms with van der Waals surface area (Å²) in [5, 5.41) is 4.46. The fourth-order valence-corrected chi connectivity index (χ4v) is 7.33. The lowest BCUT2D eigenvalue weighted by Crippen LogP contribution is -2.57. The van der Waals surface area contributed by atoms with Crippen molar-refractivity contribution in [1.82, 2.24) is 4.57 Å². The van der Waals surface area contributed by atoms with E-state index in [1.807, 2.05) is 28.8 Å². The van der Waals surface area contributed by atoms with Crippen LogP contribution in [0.5, 0.6) is 0 Å². The maximum absolute atomic E-state index is 7.00. The van der Waals surface area contributed by atoms with E-state index in [0.29, 0.717) is 18.3 Å². The van der Waals surface area contributed by atoms with Crippen molar-refractivity contribution >= 4 is 122 Å². The van der Waals surface area contributed by atoms with E-state index < -0.39 is 0 Å². The van der Waals surface area contributed by atoms with Gasteiger partial charge >= 0.3 is 0 Å². The summed E-state index contributed by atoms with van der Waals surface area (Å²) in [4.78, 5) is 10.4. The predicted molar refractivity (Wildman–Crippen MR) is 223 cm³/mol. The standard InChI is InChI=1S/C39H33B5N4O/c40-33-32(34(41)36(43)37(44)35(33)42)38(47-39(45)48-27-14-6-4-11-24(27)25-12-5-7-15-28(25)48)46-20-21-17-18-29-26(19-21)31-23(13-8-16-30(31)49-29)22-9-2-1-3-10-22/h1-19H,20,40-44H2,(H2,45,46,47). The first-order valence-corrected chi connectivity index (χ1v) is 16.8. The Morgan fingerprint density at radius 2 is 1.22 bits per heavy atom. The molecule has 8 rings (SSSR count). The van der Waals surface area contributed by atoms with Gasteiger partial charge in [0.1, 0.15) is 50.4 Å². The Bertz CT molecular complexity index is 2580. The van der Waals surface area contributed by atoms with Crippen LogP contribution in [0.3, 0.4) is 0 Å². The molecule has 0 aliphatic carbocycles. The third kappa shape index (κ3) is 5.10. The normalized spacial score (nSPS) is 12.5. The topological polar surface area (TPSA) is 68.8 Å². The quantitative estimate of drug-likeness (QED) is 0.175. The molecule has 0 saturated carbocycles. The van der Waals surface area contributed by atoms with E-state index in [9.17, 15) is 0 Å². The maximum atomic E-state index is 7.00. The van der Waals surface area contributed by atoms with Gasteiger partial charge in [-0.05, 0) is 47.0 Å². The smallest absolute Gasteiger partial charge is 0.207 e. The molecule has 2 heterocycles. The molecule has 230 valence electrons. The van der Waals surface area contributed by atoms with Crippen LogP contribution in [0.2, 0.25) is 0 Å². The van der Waals surface area contributed by atoms with Crippen LogP contribution in [0, 0.1) is 0 Å². The number of hydrogen-bond donors (Lipinski definition) is 1. The number of aromatic nitrogens is 1. The number of nitrogens with zero attached hydrogens (tertiary/aromatic N) is 3. The van der Waals surface area contributed by atoms with Crippen molar-refractivity contribution < 1.29 is 4.42 Å². The summed E-state index contributed by atoms with van der Waals surface area (Å²) in [5.41, 5.74) is 21.3. The molecule has 0 spiro atoms. The van der Waals surface area contributed by atoms with E-state index in [1.54, 1.807) is 0 Å². The number of benzene rings is 6. The number of para-hydroxylation sites is 2. The fourth-order valence-electron chi connectivity index (χ4n) is 7.33. The van der Waals surface area contributed by atoms with Gasteiger partial charge in [0, 0.05) is 27.1 Å². The Labute approximate surface area is 290 Å². The van der Waals surface area contributed by atoms with Gasteiger partial charge in [0.2, 0.25) is 5.96 Å². The van der Waals surface area contributed by atoms with Gasteiger partial charge < -0.3 is 10.2 Å². The summed E-state index contributed by atoms with van der Waals surface area (Å²) >= 11 is 0. The van der Waals surface area contributed by atoms with E-state index in [2.05, 4.69) is 130 Å². The van der Waals surface area contributed by atoms with E-state index in [4.69, 9.17) is 20.1 Å². The molecular formula is C39H33B5N4O. The second kappa shape index (κ2) is 12.1. The number of amidine groups is 1. The van der Waals surface area contributed by atoms with E-state index in [-0.39, 0.29) is 0 Å². The molecule has 0 amide bonds. The summed E-state index contributed by atoms with van der Waals surface area (Å²) in [5.74, 6) is 1.01. The molecule has 8 aromatic rings. The monoisotopic (exact) mass is 628 g/mol. The van der Waals surface area contributed by atoms with Gasteiger partial charge in [-0.2, -0.15) is 4.99 Å². The van der Waals surface area contributed by atoms with Crippen LogP contribution < -0.4 is 33.0 Å². The van der Waals surface area contributed by atoms with Crippen LogP contribution in [0.1, 0.15) is 11.1 Å². The Morgan fingerprint density at radius 1 is 0.612 bits per heavy atom. The molecule has 0 bridgehead atoms. The molecule has 49 heavy (non-hydrogen) atoms. The lowest BCUT2D eigenvalue weighted by atomic mass is 9.60. The lowest BCUT2D eigenvalue weighted by Gasteiger charge is -2.20. The Hall–Kier alpha value is -5.62. The van der Waals surface area contributed by atoms with Gasteiger partial charge in [0.15, 0.2) is 5.84 Å². The summed E-state index contributed by atoms with van der Waals surface area (Å²) in [6.07, 6.45) is 0. The third-order valence-corrected chi connectivity index (χ3v) is 10.3. The third-order valence-electron chi connectivity index (χ3n) is 10.3. The first kappa shape index (κ1) is 30.7. The molecule has 0 saturated heterocycles. The maximum Gasteiger partial charge on any atom is 0.207 e. The van der Waals surface area contributed by atoms with E-state index >= 15 is 0 Å². The summed E-state index contributed by atoms with van der Waals surface area (Å²) < 4.78 is 8.37. The van der Waals surface area contributed by atoms with Gasteiger partial charge in [0.05, 0.1) is 17.6 Å². The number of rotatable bonds is 4. The summed E-state index contributed by atoms with van der Waals surface area (Å²) in [6, 6.07) is 39.8. The second-order valence-corrected chi connectivity index (χ2v) is 13.0.